The van der Waals surface area contributed by atoms with Crippen LogP contribution >= 0.6 is 11.6 Å². The van der Waals surface area contributed by atoms with Gasteiger partial charge in [0.25, 0.3) is 5.91 Å². The summed E-state index contributed by atoms with van der Waals surface area (Å²) in [5, 5.41) is 5.13. The van der Waals surface area contributed by atoms with E-state index in [4.69, 9.17) is 21.1 Å². The lowest BCUT2D eigenvalue weighted by molar-refractivity contribution is -0.147. The number of aryl methyl sites for hydroxylation is 2. The molecule has 2 aromatic rings. The van der Waals surface area contributed by atoms with E-state index >= 15 is 0 Å². The maximum absolute atomic E-state index is 11.9. The molecule has 0 aliphatic rings. The van der Waals surface area contributed by atoms with E-state index in [2.05, 4.69) is 10.6 Å². The van der Waals surface area contributed by atoms with E-state index in [0.29, 0.717) is 22.0 Å². The number of hydrogen-bond acceptors (Lipinski definition) is 5. The van der Waals surface area contributed by atoms with Gasteiger partial charge in [0.2, 0.25) is 0 Å². The second-order valence-corrected chi connectivity index (χ2v) is 6.55. The van der Waals surface area contributed by atoms with Gasteiger partial charge in [0.15, 0.2) is 6.61 Å². The molecule has 2 N–H and O–H groups in total. The number of halogens is 1. The van der Waals surface area contributed by atoms with E-state index in [1.165, 1.54) is 7.11 Å². The van der Waals surface area contributed by atoms with Crippen molar-refractivity contribution in [2.75, 3.05) is 19.0 Å². The fraction of sp³-hybridized carbons (Fsp3) is 0.250. The molecule has 0 bridgehead atoms. The molecule has 0 radical (unpaired) electrons. The summed E-state index contributed by atoms with van der Waals surface area (Å²) in [6.45, 7) is 3.20. The Morgan fingerprint density at radius 1 is 1.07 bits per heavy atom. The smallest absolute Gasteiger partial charge is 0.325 e. The zero-order valence-electron chi connectivity index (χ0n) is 15.8. The highest BCUT2D eigenvalue weighted by Gasteiger charge is 2.14. The van der Waals surface area contributed by atoms with Crippen LogP contribution in [0.1, 0.15) is 16.7 Å². The minimum Gasteiger partial charge on any atom is -0.496 e. The number of carbonyl (C=O) groups excluding carboxylic acids is 3. The number of urea groups is 1. The molecule has 0 aromatic heterocycles. The van der Waals surface area contributed by atoms with Gasteiger partial charge in [0.1, 0.15) is 5.75 Å². The van der Waals surface area contributed by atoms with Crippen molar-refractivity contribution >= 4 is 35.2 Å². The lowest BCUT2D eigenvalue weighted by Crippen LogP contribution is -2.37. The van der Waals surface area contributed by atoms with Gasteiger partial charge in [-0.25, -0.2) is 4.79 Å². The van der Waals surface area contributed by atoms with Gasteiger partial charge in [-0.1, -0.05) is 29.3 Å². The maximum atomic E-state index is 11.9. The minimum atomic E-state index is -0.742. The van der Waals surface area contributed by atoms with E-state index < -0.39 is 24.5 Å². The van der Waals surface area contributed by atoms with Crippen molar-refractivity contribution in [2.24, 2.45) is 0 Å². The van der Waals surface area contributed by atoms with E-state index in [0.717, 1.165) is 11.1 Å². The molecule has 0 aliphatic carbocycles. The SMILES string of the molecule is COc1ccc(Cl)cc1CC(=O)OCC(=O)NC(=O)Nc1ccc(C)cc1C. The maximum Gasteiger partial charge on any atom is 0.325 e. The summed E-state index contributed by atoms with van der Waals surface area (Å²) in [4.78, 5) is 35.7. The van der Waals surface area contributed by atoms with Crippen LogP contribution in [0.25, 0.3) is 0 Å². The molecule has 0 aliphatic heterocycles. The largest absolute Gasteiger partial charge is 0.496 e. The summed E-state index contributed by atoms with van der Waals surface area (Å²) in [6.07, 6.45) is -0.119. The molecular formula is C20H21ClN2O5. The number of nitrogens with one attached hydrogen (secondary N) is 2. The second kappa shape index (κ2) is 9.75. The van der Waals surface area contributed by atoms with Crippen LogP contribution in [-0.2, 0) is 20.7 Å². The molecule has 3 amide bonds. The summed E-state index contributed by atoms with van der Waals surface area (Å²) in [5.41, 5.74) is 3.04. The third kappa shape index (κ3) is 6.28. The van der Waals surface area contributed by atoms with Crippen molar-refractivity contribution < 1.29 is 23.9 Å². The van der Waals surface area contributed by atoms with Gasteiger partial charge < -0.3 is 14.8 Å². The van der Waals surface area contributed by atoms with Crippen molar-refractivity contribution in [1.29, 1.82) is 0 Å². The Morgan fingerprint density at radius 2 is 1.82 bits per heavy atom. The highest BCUT2D eigenvalue weighted by atomic mass is 35.5. The molecule has 0 fully saturated rings. The minimum absolute atomic E-state index is 0.119. The predicted octanol–water partition coefficient (Wildman–Crippen LogP) is 3.40. The average Bonchev–Trinajstić information content (AvgIpc) is 2.62. The lowest BCUT2D eigenvalue weighted by Gasteiger charge is -2.11. The van der Waals surface area contributed by atoms with Crippen LogP contribution < -0.4 is 15.4 Å². The molecule has 2 aromatic carbocycles. The van der Waals surface area contributed by atoms with Gasteiger partial charge in [0, 0.05) is 16.3 Å². The van der Waals surface area contributed by atoms with E-state index in [9.17, 15) is 14.4 Å². The highest BCUT2D eigenvalue weighted by molar-refractivity contribution is 6.30. The number of anilines is 1. The highest BCUT2D eigenvalue weighted by Crippen LogP contribution is 2.23. The molecule has 0 saturated carbocycles. The van der Waals surface area contributed by atoms with Gasteiger partial charge in [-0.2, -0.15) is 0 Å². The molecule has 148 valence electrons. The third-order valence-corrected chi connectivity index (χ3v) is 4.06. The number of rotatable bonds is 6. The molecular weight excluding hydrogens is 384 g/mol. The Kier molecular flexibility index (Phi) is 7.40. The molecule has 7 nitrogen and oxygen atoms in total. The van der Waals surface area contributed by atoms with Crippen LogP contribution in [0.15, 0.2) is 36.4 Å². The number of imide groups is 1. The van der Waals surface area contributed by atoms with Crippen molar-refractivity contribution in [2.45, 2.75) is 20.3 Å². The molecule has 0 unspecified atom stereocenters. The van der Waals surface area contributed by atoms with E-state index in [1.54, 1.807) is 24.3 Å². The molecule has 0 spiro atoms. The Labute approximate surface area is 168 Å². The zero-order chi connectivity index (χ0) is 20.7. The number of benzene rings is 2. The van der Waals surface area contributed by atoms with Gasteiger partial charge in [0.05, 0.1) is 13.5 Å². The molecule has 8 heteroatoms. The van der Waals surface area contributed by atoms with Gasteiger partial charge in [-0.05, 0) is 43.7 Å². The first-order valence-corrected chi connectivity index (χ1v) is 8.82. The van der Waals surface area contributed by atoms with E-state index in [-0.39, 0.29) is 6.42 Å². The first-order valence-electron chi connectivity index (χ1n) is 8.44. The summed E-state index contributed by atoms with van der Waals surface area (Å²) in [5.74, 6) is -0.905. The monoisotopic (exact) mass is 404 g/mol. The van der Waals surface area contributed by atoms with Crippen LogP contribution in [0.5, 0.6) is 5.75 Å². The van der Waals surface area contributed by atoms with Crippen LogP contribution in [-0.4, -0.2) is 31.6 Å². The fourth-order valence-corrected chi connectivity index (χ4v) is 2.70. The number of amides is 3. The predicted molar refractivity (Wildman–Crippen MR) is 106 cm³/mol. The van der Waals surface area contributed by atoms with Crippen LogP contribution in [0.3, 0.4) is 0 Å². The number of ether oxygens (including phenoxy) is 2. The molecule has 0 atom stereocenters. The summed E-state index contributed by atoms with van der Waals surface area (Å²) in [7, 11) is 1.47. The van der Waals surface area contributed by atoms with Crippen molar-refractivity contribution in [3.63, 3.8) is 0 Å². The Morgan fingerprint density at radius 3 is 2.50 bits per heavy atom. The fourth-order valence-electron chi connectivity index (χ4n) is 2.51. The summed E-state index contributed by atoms with van der Waals surface area (Å²) in [6, 6.07) is 9.64. The number of carbonyl (C=O) groups is 3. The Hall–Kier alpha value is -3.06. The van der Waals surface area contributed by atoms with E-state index in [1.807, 2.05) is 26.0 Å². The molecule has 0 heterocycles. The van der Waals surface area contributed by atoms with Crippen molar-refractivity contribution in [3.8, 4) is 5.75 Å². The second-order valence-electron chi connectivity index (χ2n) is 6.11. The van der Waals surface area contributed by atoms with Gasteiger partial charge >= 0.3 is 12.0 Å². The topological polar surface area (TPSA) is 93.7 Å². The first-order chi connectivity index (χ1) is 13.3. The number of esters is 1. The number of methoxy groups -OCH3 is 1. The first kappa shape index (κ1) is 21.2. The van der Waals surface area contributed by atoms with Gasteiger partial charge in [-0.3, -0.25) is 14.9 Å². The van der Waals surface area contributed by atoms with Crippen molar-refractivity contribution in [1.82, 2.24) is 5.32 Å². The Bertz CT molecular complexity index is 898. The standard InChI is InChI=1S/C20H21ClN2O5/c1-12-4-6-16(13(2)8-12)22-20(26)23-18(24)11-28-19(25)10-14-9-15(21)5-7-17(14)27-3/h4-9H,10-11H2,1-3H3,(H2,22,23,24,26). The molecule has 28 heavy (non-hydrogen) atoms. The van der Waals surface area contributed by atoms with Crippen LogP contribution in [0, 0.1) is 13.8 Å². The number of hydrogen-bond donors (Lipinski definition) is 2. The van der Waals surface area contributed by atoms with Crippen molar-refractivity contribution in [3.05, 3.63) is 58.1 Å². The summed E-state index contributed by atoms with van der Waals surface area (Å²) < 4.78 is 10.1. The average molecular weight is 405 g/mol. The quantitative estimate of drug-likeness (QED) is 0.719. The van der Waals surface area contributed by atoms with Crippen LogP contribution in [0.2, 0.25) is 5.02 Å². The van der Waals surface area contributed by atoms with Crippen LogP contribution in [0.4, 0.5) is 10.5 Å². The Balaban J connectivity index is 1.82. The van der Waals surface area contributed by atoms with Gasteiger partial charge in [-0.15, -0.1) is 0 Å². The normalized spacial score (nSPS) is 10.1. The summed E-state index contributed by atoms with van der Waals surface area (Å²) >= 11 is 5.91. The molecule has 0 saturated heterocycles. The third-order valence-electron chi connectivity index (χ3n) is 3.82. The lowest BCUT2D eigenvalue weighted by atomic mass is 10.1. The zero-order valence-corrected chi connectivity index (χ0v) is 16.6. The molecule has 2 rings (SSSR count).